The molecule has 0 bridgehead atoms. The smallest absolute Gasteiger partial charge is 0.206 e. The first-order valence-electron chi connectivity index (χ1n) is 7.20. The third-order valence-electron chi connectivity index (χ3n) is 2.76. The lowest BCUT2D eigenvalue weighted by Gasteiger charge is -1.98. The quantitative estimate of drug-likeness (QED) is 0.831. The van der Waals surface area contributed by atoms with Gasteiger partial charge < -0.3 is 5.32 Å². The molecule has 1 N–H and O–H groups in total. The van der Waals surface area contributed by atoms with Gasteiger partial charge in [0.2, 0.25) is 5.13 Å². The van der Waals surface area contributed by atoms with E-state index in [1.807, 2.05) is 0 Å². The zero-order valence-corrected chi connectivity index (χ0v) is 14.2. The van der Waals surface area contributed by atoms with Crippen molar-refractivity contribution in [1.29, 1.82) is 0 Å². The molecule has 0 saturated carbocycles. The summed E-state index contributed by atoms with van der Waals surface area (Å²) in [5.41, 5.74) is 1.19. The van der Waals surface area contributed by atoms with Crippen molar-refractivity contribution >= 4 is 27.8 Å². The molecule has 20 heavy (non-hydrogen) atoms. The summed E-state index contributed by atoms with van der Waals surface area (Å²) in [5, 5.41) is 14.8. The first-order valence-corrected chi connectivity index (χ1v) is 8.83. The maximum Gasteiger partial charge on any atom is 0.206 e. The van der Waals surface area contributed by atoms with Gasteiger partial charge in [0.25, 0.3) is 0 Å². The minimum absolute atomic E-state index is 0.634. The van der Waals surface area contributed by atoms with Gasteiger partial charge in [-0.1, -0.05) is 38.5 Å². The Morgan fingerprint density at radius 3 is 2.60 bits per heavy atom. The van der Waals surface area contributed by atoms with Crippen LogP contribution in [0.4, 0.5) is 5.13 Å². The molecule has 0 spiro atoms. The molecule has 0 aromatic carbocycles. The average molecular weight is 310 g/mol. The highest BCUT2D eigenvalue weighted by Crippen LogP contribution is 2.35. The number of anilines is 1. The van der Waals surface area contributed by atoms with Crippen molar-refractivity contribution in [2.75, 3.05) is 11.9 Å². The van der Waals surface area contributed by atoms with Crippen molar-refractivity contribution in [3.8, 4) is 9.88 Å². The SMILES string of the molecule is CCCc1nc(CC(C)C)sc1-c1nnc(NCC)s1. The summed E-state index contributed by atoms with van der Waals surface area (Å²) >= 11 is 3.40. The monoisotopic (exact) mass is 310 g/mol. The van der Waals surface area contributed by atoms with E-state index in [0.717, 1.165) is 35.9 Å². The summed E-state index contributed by atoms with van der Waals surface area (Å²) in [5.74, 6) is 0.634. The van der Waals surface area contributed by atoms with Crippen LogP contribution in [0.2, 0.25) is 0 Å². The maximum absolute atomic E-state index is 4.81. The minimum atomic E-state index is 0.634. The summed E-state index contributed by atoms with van der Waals surface area (Å²) in [7, 11) is 0. The fraction of sp³-hybridized carbons (Fsp3) is 0.643. The lowest BCUT2D eigenvalue weighted by atomic mass is 10.1. The van der Waals surface area contributed by atoms with Gasteiger partial charge in [-0.3, -0.25) is 0 Å². The molecule has 2 aromatic rings. The summed E-state index contributed by atoms with van der Waals surface area (Å²) in [6.45, 7) is 9.59. The Hall–Kier alpha value is -1.01. The van der Waals surface area contributed by atoms with E-state index in [9.17, 15) is 0 Å². The topological polar surface area (TPSA) is 50.7 Å². The van der Waals surface area contributed by atoms with Crippen LogP contribution < -0.4 is 5.32 Å². The van der Waals surface area contributed by atoms with Crippen molar-refractivity contribution in [1.82, 2.24) is 15.2 Å². The Bertz CT molecular complexity index is 545. The summed E-state index contributed by atoms with van der Waals surface area (Å²) < 4.78 is 0. The molecule has 0 radical (unpaired) electrons. The third kappa shape index (κ3) is 3.76. The standard InChI is InChI=1S/C14H22N4S2/c1-5-7-10-12(19-11(16-10)8-9(3)4)13-17-18-14(20-13)15-6-2/h9H,5-8H2,1-4H3,(H,15,18). The van der Waals surface area contributed by atoms with E-state index in [2.05, 4.69) is 43.2 Å². The Morgan fingerprint density at radius 2 is 1.95 bits per heavy atom. The molecule has 0 aliphatic carbocycles. The predicted molar refractivity (Wildman–Crippen MR) is 87.7 cm³/mol. The molecular weight excluding hydrogens is 288 g/mol. The zero-order chi connectivity index (χ0) is 14.5. The molecule has 6 heteroatoms. The number of aromatic nitrogens is 3. The van der Waals surface area contributed by atoms with Crippen molar-refractivity contribution in [2.24, 2.45) is 5.92 Å². The van der Waals surface area contributed by atoms with Gasteiger partial charge in [-0.25, -0.2) is 4.98 Å². The van der Waals surface area contributed by atoms with Gasteiger partial charge in [0, 0.05) is 13.0 Å². The van der Waals surface area contributed by atoms with E-state index in [1.165, 1.54) is 15.6 Å². The Morgan fingerprint density at radius 1 is 1.15 bits per heavy atom. The van der Waals surface area contributed by atoms with Crippen LogP contribution in [-0.4, -0.2) is 21.7 Å². The largest absolute Gasteiger partial charge is 0.360 e. The van der Waals surface area contributed by atoms with Crippen molar-refractivity contribution < 1.29 is 0 Å². The van der Waals surface area contributed by atoms with Gasteiger partial charge in [0.15, 0.2) is 5.01 Å². The molecule has 0 amide bonds. The van der Waals surface area contributed by atoms with Crippen LogP contribution in [-0.2, 0) is 12.8 Å². The molecule has 0 atom stereocenters. The second-order valence-electron chi connectivity index (χ2n) is 5.17. The average Bonchev–Trinajstić information content (AvgIpc) is 2.97. The van der Waals surface area contributed by atoms with Crippen molar-refractivity contribution in [3.05, 3.63) is 10.7 Å². The Labute approximate surface area is 128 Å². The molecule has 0 aliphatic heterocycles. The van der Waals surface area contributed by atoms with Gasteiger partial charge in [0.1, 0.15) is 0 Å². The molecule has 0 unspecified atom stereocenters. The third-order valence-corrected chi connectivity index (χ3v) is 4.91. The van der Waals surface area contributed by atoms with Gasteiger partial charge in [-0.2, -0.15) is 0 Å². The van der Waals surface area contributed by atoms with E-state index in [1.54, 1.807) is 22.7 Å². The van der Waals surface area contributed by atoms with Crippen molar-refractivity contribution in [2.45, 2.75) is 47.0 Å². The number of hydrogen-bond donors (Lipinski definition) is 1. The second-order valence-corrected chi connectivity index (χ2v) is 7.24. The number of nitrogens with zero attached hydrogens (tertiary/aromatic N) is 3. The van der Waals surface area contributed by atoms with Crippen LogP contribution in [0.1, 0.15) is 44.8 Å². The lowest BCUT2D eigenvalue weighted by molar-refractivity contribution is 0.642. The van der Waals surface area contributed by atoms with E-state index in [0.29, 0.717) is 5.92 Å². The van der Waals surface area contributed by atoms with Crippen LogP contribution in [0.5, 0.6) is 0 Å². The van der Waals surface area contributed by atoms with E-state index >= 15 is 0 Å². The van der Waals surface area contributed by atoms with Crippen LogP contribution in [0.15, 0.2) is 0 Å². The Balaban J connectivity index is 2.29. The zero-order valence-electron chi connectivity index (χ0n) is 12.6. The molecule has 110 valence electrons. The molecule has 0 saturated heterocycles. The van der Waals surface area contributed by atoms with Crippen molar-refractivity contribution in [3.63, 3.8) is 0 Å². The van der Waals surface area contributed by atoms with Crippen LogP contribution in [0, 0.1) is 5.92 Å². The fourth-order valence-electron chi connectivity index (χ4n) is 1.95. The van der Waals surface area contributed by atoms with Gasteiger partial charge in [-0.05, 0) is 19.3 Å². The molecule has 2 aromatic heterocycles. The summed E-state index contributed by atoms with van der Waals surface area (Å²) in [6, 6.07) is 0. The lowest BCUT2D eigenvalue weighted by Crippen LogP contribution is -1.94. The van der Waals surface area contributed by atoms with Crippen LogP contribution in [0.25, 0.3) is 9.88 Å². The molecular formula is C14H22N4S2. The minimum Gasteiger partial charge on any atom is -0.360 e. The predicted octanol–water partition coefficient (Wildman–Crippen LogP) is 4.24. The highest BCUT2D eigenvalue weighted by Gasteiger charge is 2.17. The fourth-order valence-corrected chi connectivity index (χ4v) is 4.17. The van der Waals surface area contributed by atoms with E-state index in [-0.39, 0.29) is 0 Å². The summed E-state index contributed by atoms with van der Waals surface area (Å²) in [6.07, 6.45) is 3.16. The van der Waals surface area contributed by atoms with Gasteiger partial charge in [0.05, 0.1) is 15.6 Å². The van der Waals surface area contributed by atoms with E-state index < -0.39 is 0 Å². The number of nitrogens with one attached hydrogen (secondary N) is 1. The summed E-state index contributed by atoms with van der Waals surface area (Å²) in [4.78, 5) is 6.02. The number of hydrogen-bond acceptors (Lipinski definition) is 6. The first-order chi connectivity index (χ1) is 9.63. The highest BCUT2D eigenvalue weighted by atomic mass is 32.1. The normalized spacial score (nSPS) is 11.2. The van der Waals surface area contributed by atoms with Gasteiger partial charge >= 0.3 is 0 Å². The Kier molecular flexibility index (Phi) is 5.48. The van der Waals surface area contributed by atoms with Crippen LogP contribution >= 0.6 is 22.7 Å². The molecule has 0 fully saturated rings. The van der Waals surface area contributed by atoms with E-state index in [4.69, 9.17) is 4.98 Å². The maximum atomic E-state index is 4.81. The first kappa shape index (κ1) is 15.4. The second kappa shape index (κ2) is 7.13. The van der Waals surface area contributed by atoms with Crippen LogP contribution in [0.3, 0.4) is 0 Å². The number of aryl methyl sites for hydroxylation is 1. The highest BCUT2D eigenvalue weighted by molar-refractivity contribution is 7.23. The van der Waals surface area contributed by atoms with Gasteiger partial charge in [-0.15, -0.1) is 21.5 Å². The molecule has 4 nitrogen and oxygen atoms in total. The number of rotatable bonds is 7. The molecule has 2 heterocycles. The number of thiazole rings is 1. The molecule has 0 aliphatic rings. The molecule has 2 rings (SSSR count).